The summed E-state index contributed by atoms with van der Waals surface area (Å²) in [6, 6.07) is 18.9. The summed E-state index contributed by atoms with van der Waals surface area (Å²) in [6.07, 6.45) is 3.23. The van der Waals surface area contributed by atoms with Crippen LogP contribution in [0.2, 0.25) is 0 Å². The summed E-state index contributed by atoms with van der Waals surface area (Å²) in [5, 5.41) is 1.14. The van der Waals surface area contributed by atoms with E-state index in [2.05, 4.69) is 70.9 Å². The standard InChI is InChI=1S/C22H25N5/c1-3-4-14-19-25-20-21(27(19)15-16-10-6-5-7-11-16)17-12-8-9-13-18(17)24-22(20)26-23-2/h5-13,23H,3-4,14-15H2,1-2H3,(H,24,26). The maximum atomic E-state index is 5.01. The average molecular weight is 359 g/mol. The van der Waals surface area contributed by atoms with Gasteiger partial charge < -0.3 is 9.99 Å². The van der Waals surface area contributed by atoms with E-state index in [0.717, 1.165) is 59.4 Å². The van der Waals surface area contributed by atoms with Gasteiger partial charge in [0.1, 0.15) is 11.3 Å². The average Bonchev–Trinajstić information content (AvgIpc) is 3.06. The fraction of sp³-hybridized carbons (Fsp3) is 0.273. The molecule has 0 spiro atoms. The fourth-order valence-electron chi connectivity index (χ4n) is 3.55. The van der Waals surface area contributed by atoms with Gasteiger partial charge in [-0.15, -0.1) is 0 Å². The maximum absolute atomic E-state index is 5.01. The number of unbranched alkanes of at least 4 members (excludes halogenated alkanes) is 1. The molecule has 0 saturated carbocycles. The summed E-state index contributed by atoms with van der Waals surface area (Å²) < 4.78 is 2.37. The molecule has 0 bridgehead atoms. The monoisotopic (exact) mass is 359 g/mol. The van der Waals surface area contributed by atoms with Crippen molar-refractivity contribution in [2.75, 3.05) is 12.5 Å². The van der Waals surface area contributed by atoms with Crippen molar-refractivity contribution in [3.05, 3.63) is 66.0 Å². The predicted octanol–water partition coefficient (Wildman–Crippen LogP) is 4.52. The molecule has 0 aliphatic rings. The number of anilines is 1. The number of aromatic nitrogens is 3. The molecule has 4 aromatic rings. The third-order valence-corrected chi connectivity index (χ3v) is 4.84. The highest BCUT2D eigenvalue weighted by Gasteiger charge is 2.18. The van der Waals surface area contributed by atoms with Gasteiger partial charge in [0, 0.05) is 25.4 Å². The third-order valence-electron chi connectivity index (χ3n) is 4.84. The van der Waals surface area contributed by atoms with Gasteiger partial charge in [-0.05, 0) is 18.1 Å². The van der Waals surface area contributed by atoms with Crippen molar-refractivity contribution in [2.45, 2.75) is 32.7 Å². The molecule has 2 heterocycles. The minimum atomic E-state index is 0.774. The molecule has 2 aromatic carbocycles. The van der Waals surface area contributed by atoms with Crippen molar-refractivity contribution in [1.29, 1.82) is 0 Å². The molecule has 2 aromatic heterocycles. The van der Waals surface area contributed by atoms with Gasteiger partial charge in [0.05, 0.1) is 11.0 Å². The predicted molar refractivity (Wildman–Crippen MR) is 112 cm³/mol. The summed E-state index contributed by atoms with van der Waals surface area (Å²) in [7, 11) is 1.85. The first-order valence-corrected chi connectivity index (χ1v) is 9.56. The molecule has 0 radical (unpaired) electrons. The molecule has 27 heavy (non-hydrogen) atoms. The molecule has 0 unspecified atom stereocenters. The van der Waals surface area contributed by atoms with E-state index < -0.39 is 0 Å². The lowest BCUT2D eigenvalue weighted by Gasteiger charge is -2.12. The molecule has 5 nitrogen and oxygen atoms in total. The van der Waals surface area contributed by atoms with Gasteiger partial charge in [-0.2, -0.15) is 0 Å². The van der Waals surface area contributed by atoms with Crippen molar-refractivity contribution in [2.24, 2.45) is 0 Å². The van der Waals surface area contributed by atoms with Crippen molar-refractivity contribution in [3.63, 3.8) is 0 Å². The second-order valence-corrected chi connectivity index (χ2v) is 6.75. The lowest BCUT2D eigenvalue weighted by atomic mass is 10.1. The number of aryl methyl sites for hydroxylation is 1. The van der Waals surface area contributed by atoms with Gasteiger partial charge in [-0.3, -0.25) is 0 Å². The zero-order valence-electron chi connectivity index (χ0n) is 15.9. The van der Waals surface area contributed by atoms with Gasteiger partial charge in [0.2, 0.25) is 0 Å². The largest absolute Gasteiger partial charge is 0.323 e. The Kier molecular flexibility index (Phi) is 5.03. The van der Waals surface area contributed by atoms with Crippen molar-refractivity contribution in [3.8, 4) is 0 Å². The zero-order chi connectivity index (χ0) is 18.6. The van der Waals surface area contributed by atoms with Gasteiger partial charge in [0.15, 0.2) is 5.82 Å². The molecule has 0 fully saturated rings. The highest BCUT2D eigenvalue weighted by Crippen LogP contribution is 2.31. The van der Waals surface area contributed by atoms with Crippen LogP contribution >= 0.6 is 0 Å². The number of nitrogens with zero attached hydrogens (tertiary/aromatic N) is 3. The Balaban J connectivity index is 1.98. The Hall–Kier alpha value is -2.92. The van der Waals surface area contributed by atoms with Gasteiger partial charge in [-0.25, -0.2) is 15.4 Å². The fourth-order valence-corrected chi connectivity index (χ4v) is 3.55. The van der Waals surface area contributed by atoms with Gasteiger partial charge in [-0.1, -0.05) is 61.9 Å². The van der Waals surface area contributed by atoms with E-state index >= 15 is 0 Å². The van der Waals surface area contributed by atoms with Crippen LogP contribution in [0.15, 0.2) is 54.6 Å². The molecule has 5 heteroatoms. The number of hydrogen-bond acceptors (Lipinski definition) is 4. The van der Waals surface area contributed by atoms with Crippen LogP contribution in [0.5, 0.6) is 0 Å². The summed E-state index contributed by atoms with van der Waals surface area (Å²) in [5.41, 5.74) is 10.5. The van der Waals surface area contributed by atoms with E-state index in [0.29, 0.717) is 0 Å². The van der Waals surface area contributed by atoms with Crippen LogP contribution in [0.4, 0.5) is 5.82 Å². The van der Waals surface area contributed by atoms with Gasteiger partial charge in [0.25, 0.3) is 0 Å². The quantitative estimate of drug-likeness (QED) is 0.476. The van der Waals surface area contributed by atoms with Gasteiger partial charge >= 0.3 is 0 Å². The van der Waals surface area contributed by atoms with E-state index in [4.69, 9.17) is 9.97 Å². The zero-order valence-corrected chi connectivity index (χ0v) is 15.9. The lowest BCUT2D eigenvalue weighted by molar-refractivity contribution is 0.690. The molecule has 0 aliphatic carbocycles. The first-order valence-electron chi connectivity index (χ1n) is 9.56. The first kappa shape index (κ1) is 17.5. The summed E-state index contributed by atoms with van der Waals surface area (Å²) in [6.45, 7) is 3.03. The number of imidazole rings is 1. The van der Waals surface area contributed by atoms with Crippen molar-refractivity contribution >= 4 is 27.8 Å². The van der Waals surface area contributed by atoms with Crippen LogP contribution in [-0.4, -0.2) is 21.6 Å². The molecule has 0 atom stereocenters. The lowest BCUT2D eigenvalue weighted by Crippen LogP contribution is -2.16. The molecule has 0 amide bonds. The topological polar surface area (TPSA) is 54.8 Å². The van der Waals surface area contributed by atoms with Crippen LogP contribution in [0, 0.1) is 0 Å². The number of benzene rings is 2. The molecular weight excluding hydrogens is 334 g/mol. The van der Waals surface area contributed by atoms with E-state index in [-0.39, 0.29) is 0 Å². The third kappa shape index (κ3) is 3.38. The van der Waals surface area contributed by atoms with E-state index in [1.54, 1.807) is 0 Å². The smallest absolute Gasteiger partial charge is 0.169 e. The highest BCUT2D eigenvalue weighted by atomic mass is 15.4. The Morgan fingerprint density at radius 2 is 1.74 bits per heavy atom. The normalized spacial score (nSPS) is 11.3. The number of hydrogen-bond donors (Lipinski definition) is 2. The minimum Gasteiger partial charge on any atom is -0.323 e. The summed E-state index contributed by atoms with van der Waals surface area (Å²) in [5.74, 6) is 1.89. The highest BCUT2D eigenvalue weighted by molar-refractivity contribution is 6.07. The minimum absolute atomic E-state index is 0.774. The number of fused-ring (bicyclic) bond motifs is 3. The van der Waals surface area contributed by atoms with Crippen LogP contribution in [0.1, 0.15) is 31.2 Å². The van der Waals surface area contributed by atoms with E-state index in [1.165, 1.54) is 5.56 Å². The first-order chi connectivity index (χ1) is 13.3. The molecule has 4 rings (SSSR count). The van der Waals surface area contributed by atoms with Crippen molar-refractivity contribution in [1.82, 2.24) is 20.0 Å². The van der Waals surface area contributed by atoms with Crippen molar-refractivity contribution < 1.29 is 0 Å². The maximum Gasteiger partial charge on any atom is 0.169 e. The van der Waals surface area contributed by atoms with Crippen LogP contribution in [0.3, 0.4) is 0 Å². The number of rotatable bonds is 7. The second-order valence-electron chi connectivity index (χ2n) is 6.75. The van der Waals surface area contributed by atoms with Crippen LogP contribution < -0.4 is 10.9 Å². The number of nitrogens with one attached hydrogen (secondary N) is 2. The summed E-state index contributed by atoms with van der Waals surface area (Å²) in [4.78, 5) is 9.80. The van der Waals surface area contributed by atoms with Crippen LogP contribution in [0.25, 0.3) is 21.9 Å². The Bertz CT molecular complexity index is 1050. The number of pyridine rings is 1. The Morgan fingerprint density at radius 3 is 2.52 bits per heavy atom. The molecule has 0 aliphatic heterocycles. The number of para-hydroxylation sites is 1. The molecular formula is C22H25N5. The van der Waals surface area contributed by atoms with E-state index in [1.807, 2.05) is 13.1 Å². The summed E-state index contributed by atoms with van der Waals surface area (Å²) >= 11 is 0. The molecule has 0 saturated heterocycles. The van der Waals surface area contributed by atoms with Crippen LogP contribution in [-0.2, 0) is 13.0 Å². The SMILES string of the molecule is CCCCc1nc2c(NNC)nc3ccccc3c2n1Cc1ccccc1. The Morgan fingerprint density at radius 1 is 0.963 bits per heavy atom. The van der Waals surface area contributed by atoms with E-state index in [9.17, 15) is 0 Å². The Labute approximate surface area is 159 Å². The molecule has 2 N–H and O–H groups in total. The molecule has 138 valence electrons. The second kappa shape index (κ2) is 7.76. The number of hydrazine groups is 1.